The van der Waals surface area contributed by atoms with Crippen molar-refractivity contribution in [2.75, 3.05) is 11.9 Å². The van der Waals surface area contributed by atoms with Crippen LogP contribution in [0.2, 0.25) is 0 Å². The van der Waals surface area contributed by atoms with E-state index in [2.05, 4.69) is 53.1 Å². The number of carbonyl (C=O) groups is 1. The van der Waals surface area contributed by atoms with E-state index in [1.54, 1.807) is 12.1 Å². The summed E-state index contributed by atoms with van der Waals surface area (Å²) in [5.74, 6) is -0.732. The lowest BCUT2D eigenvalue weighted by atomic mass is 10.2. The summed E-state index contributed by atoms with van der Waals surface area (Å²) in [7, 11) is 0. The molecule has 1 atom stereocenters. The number of halogens is 6. The average Bonchev–Trinajstić information content (AvgIpc) is 2.29. The Morgan fingerprint density at radius 3 is 2.20 bits per heavy atom. The first kappa shape index (κ1) is 17.8. The van der Waals surface area contributed by atoms with Crippen molar-refractivity contribution in [2.45, 2.75) is 19.1 Å². The Hall–Kier alpha value is -0.280. The summed E-state index contributed by atoms with van der Waals surface area (Å²) in [6.07, 6.45) is -4.42. The maximum atomic E-state index is 12.0. The summed E-state index contributed by atoms with van der Waals surface area (Å²) in [5, 5.41) is 4.67. The van der Waals surface area contributed by atoms with Gasteiger partial charge in [0.1, 0.15) is 12.6 Å². The molecule has 0 aromatic heterocycles. The number of hydrogen-bond donors (Lipinski definition) is 2. The third kappa shape index (κ3) is 5.61. The van der Waals surface area contributed by atoms with Crippen molar-refractivity contribution in [3.8, 4) is 0 Å². The fourth-order valence-electron chi connectivity index (χ4n) is 1.30. The highest BCUT2D eigenvalue weighted by atomic mass is 79.9. The summed E-state index contributed by atoms with van der Waals surface area (Å²) < 4.78 is 38.2. The second-order valence-corrected chi connectivity index (χ2v) is 6.57. The van der Waals surface area contributed by atoms with Crippen molar-refractivity contribution in [1.82, 2.24) is 5.32 Å². The number of amides is 1. The topological polar surface area (TPSA) is 41.1 Å². The largest absolute Gasteiger partial charge is 0.405 e. The number of alkyl halides is 3. The number of anilines is 1. The molecule has 1 rings (SSSR count). The Morgan fingerprint density at radius 1 is 1.25 bits per heavy atom. The quantitative estimate of drug-likeness (QED) is 0.665. The summed E-state index contributed by atoms with van der Waals surface area (Å²) in [5.41, 5.74) is 0.586. The third-order valence-corrected chi connectivity index (χ3v) is 3.93. The zero-order chi connectivity index (χ0) is 15.5. The van der Waals surface area contributed by atoms with Gasteiger partial charge in [-0.05, 0) is 50.9 Å². The Balaban J connectivity index is 2.71. The van der Waals surface area contributed by atoms with E-state index >= 15 is 0 Å². The molecule has 0 aliphatic carbocycles. The smallest absolute Gasteiger partial charge is 0.372 e. The monoisotopic (exact) mass is 480 g/mol. The molecular formula is C11H10Br3F3N2O. The molecule has 112 valence electrons. The van der Waals surface area contributed by atoms with Crippen molar-refractivity contribution < 1.29 is 18.0 Å². The molecule has 9 heteroatoms. The minimum Gasteiger partial charge on any atom is -0.372 e. The van der Waals surface area contributed by atoms with E-state index in [0.29, 0.717) is 14.6 Å². The highest BCUT2D eigenvalue weighted by molar-refractivity contribution is 9.11. The van der Waals surface area contributed by atoms with Gasteiger partial charge in [-0.2, -0.15) is 13.2 Å². The number of rotatable bonds is 4. The van der Waals surface area contributed by atoms with Gasteiger partial charge in [-0.25, -0.2) is 0 Å². The molecule has 20 heavy (non-hydrogen) atoms. The maximum absolute atomic E-state index is 12.0. The lowest BCUT2D eigenvalue weighted by Gasteiger charge is -2.18. The van der Waals surface area contributed by atoms with Crippen LogP contribution in [0, 0.1) is 0 Å². The summed E-state index contributed by atoms with van der Waals surface area (Å²) in [6, 6.07) is 2.70. The Morgan fingerprint density at radius 2 is 1.75 bits per heavy atom. The third-order valence-electron chi connectivity index (χ3n) is 2.22. The molecule has 2 N–H and O–H groups in total. The molecule has 0 bridgehead atoms. The van der Waals surface area contributed by atoms with Crippen LogP contribution in [0.1, 0.15) is 6.92 Å². The van der Waals surface area contributed by atoms with E-state index in [-0.39, 0.29) is 0 Å². The molecule has 0 saturated heterocycles. The van der Waals surface area contributed by atoms with Gasteiger partial charge < -0.3 is 10.6 Å². The predicted molar refractivity (Wildman–Crippen MR) is 81.7 cm³/mol. The van der Waals surface area contributed by atoms with Gasteiger partial charge in [0.2, 0.25) is 5.91 Å². The minimum absolute atomic E-state index is 0.586. The molecule has 1 unspecified atom stereocenters. The van der Waals surface area contributed by atoms with Crippen LogP contribution >= 0.6 is 47.8 Å². The molecule has 0 saturated carbocycles. The van der Waals surface area contributed by atoms with Crippen molar-refractivity contribution in [1.29, 1.82) is 0 Å². The van der Waals surface area contributed by atoms with Gasteiger partial charge in [-0.1, -0.05) is 15.9 Å². The van der Waals surface area contributed by atoms with Crippen molar-refractivity contribution in [2.24, 2.45) is 0 Å². The zero-order valence-electron chi connectivity index (χ0n) is 10.1. The fraction of sp³-hybridized carbons (Fsp3) is 0.364. The Labute approximate surface area is 139 Å². The second-order valence-electron chi connectivity index (χ2n) is 3.94. The maximum Gasteiger partial charge on any atom is 0.405 e. The van der Waals surface area contributed by atoms with Gasteiger partial charge in [-0.15, -0.1) is 0 Å². The van der Waals surface area contributed by atoms with E-state index in [0.717, 1.165) is 4.47 Å². The summed E-state index contributed by atoms with van der Waals surface area (Å²) in [6.45, 7) is 0.132. The SMILES string of the molecule is CC(Nc1c(Br)cc(Br)cc1Br)C(=O)NCC(F)(F)F. The van der Waals surface area contributed by atoms with E-state index < -0.39 is 24.7 Å². The van der Waals surface area contributed by atoms with E-state index in [1.807, 2.05) is 5.32 Å². The van der Waals surface area contributed by atoms with Crippen molar-refractivity contribution in [3.05, 3.63) is 25.6 Å². The fourth-order valence-corrected chi connectivity index (χ4v) is 3.79. The van der Waals surface area contributed by atoms with Gasteiger partial charge in [0.15, 0.2) is 0 Å². The predicted octanol–water partition coefficient (Wildman–Crippen LogP) is 4.45. The van der Waals surface area contributed by atoms with Crippen LogP contribution in [0.4, 0.5) is 18.9 Å². The molecule has 0 spiro atoms. The Bertz CT molecular complexity index is 485. The van der Waals surface area contributed by atoms with E-state index in [4.69, 9.17) is 0 Å². The summed E-state index contributed by atoms with van der Waals surface area (Å²) in [4.78, 5) is 11.6. The normalized spacial score (nSPS) is 12.9. The second kappa shape index (κ2) is 7.13. The van der Waals surface area contributed by atoms with Crippen LogP contribution in [0.25, 0.3) is 0 Å². The lowest BCUT2D eigenvalue weighted by Crippen LogP contribution is -2.42. The van der Waals surface area contributed by atoms with Crippen LogP contribution in [-0.4, -0.2) is 24.7 Å². The average molecular weight is 483 g/mol. The summed E-state index contributed by atoms with van der Waals surface area (Å²) >= 11 is 9.92. The molecule has 0 fully saturated rings. The van der Waals surface area contributed by atoms with Crippen LogP contribution < -0.4 is 10.6 Å². The molecule has 0 heterocycles. The standard InChI is InChI=1S/C11H10Br3F3N2O/c1-5(10(20)18-4-11(15,16)17)19-9-7(13)2-6(12)3-8(9)14/h2-3,5,19H,4H2,1H3,(H,18,20). The number of carbonyl (C=O) groups excluding carboxylic acids is 1. The first-order valence-electron chi connectivity index (χ1n) is 5.35. The van der Waals surface area contributed by atoms with Crippen LogP contribution in [0.15, 0.2) is 25.6 Å². The molecule has 3 nitrogen and oxygen atoms in total. The van der Waals surface area contributed by atoms with Crippen LogP contribution in [-0.2, 0) is 4.79 Å². The molecule has 1 amide bonds. The first-order valence-corrected chi connectivity index (χ1v) is 7.73. The zero-order valence-corrected chi connectivity index (χ0v) is 14.9. The number of nitrogens with one attached hydrogen (secondary N) is 2. The Kier molecular flexibility index (Phi) is 6.33. The highest BCUT2D eigenvalue weighted by Gasteiger charge is 2.28. The lowest BCUT2D eigenvalue weighted by molar-refractivity contribution is -0.138. The van der Waals surface area contributed by atoms with Gasteiger partial charge in [0, 0.05) is 13.4 Å². The number of hydrogen-bond acceptors (Lipinski definition) is 2. The molecule has 0 aliphatic heterocycles. The minimum atomic E-state index is -4.42. The number of benzene rings is 1. The van der Waals surface area contributed by atoms with E-state index in [1.165, 1.54) is 6.92 Å². The van der Waals surface area contributed by atoms with Gasteiger partial charge >= 0.3 is 6.18 Å². The van der Waals surface area contributed by atoms with Gasteiger partial charge in [0.05, 0.1) is 5.69 Å². The molecule has 1 aromatic rings. The van der Waals surface area contributed by atoms with Gasteiger partial charge in [0.25, 0.3) is 0 Å². The molecule has 0 radical (unpaired) electrons. The van der Waals surface area contributed by atoms with Gasteiger partial charge in [-0.3, -0.25) is 4.79 Å². The van der Waals surface area contributed by atoms with Crippen LogP contribution in [0.3, 0.4) is 0 Å². The van der Waals surface area contributed by atoms with Crippen LogP contribution in [0.5, 0.6) is 0 Å². The molecule has 1 aromatic carbocycles. The highest BCUT2D eigenvalue weighted by Crippen LogP contribution is 2.34. The van der Waals surface area contributed by atoms with Crippen molar-refractivity contribution >= 4 is 59.4 Å². The van der Waals surface area contributed by atoms with E-state index in [9.17, 15) is 18.0 Å². The van der Waals surface area contributed by atoms with Crippen molar-refractivity contribution in [3.63, 3.8) is 0 Å². The first-order chi connectivity index (χ1) is 9.10. The molecule has 0 aliphatic rings. The molecular weight excluding hydrogens is 473 g/mol.